The van der Waals surface area contributed by atoms with E-state index in [0.29, 0.717) is 32.8 Å². The second-order valence-electron chi connectivity index (χ2n) is 5.79. The second-order valence-corrected chi connectivity index (χ2v) is 5.79. The molecule has 18 heavy (non-hydrogen) atoms. The summed E-state index contributed by atoms with van der Waals surface area (Å²) in [5.41, 5.74) is -0.923. The maximum Gasteiger partial charge on any atom is 0.312 e. The lowest BCUT2D eigenvalue weighted by atomic mass is 9.67. The van der Waals surface area contributed by atoms with Crippen LogP contribution in [0.25, 0.3) is 0 Å². The predicted molar refractivity (Wildman–Crippen MR) is 62.3 cm³/mol. The van der Waals surface area contributed by atoms with E-state index in [-0.39, 0.29) is 11.5 Å². The summed E-state index contributed by atoms with van der Waals surface area (Å²) in [7, 11) is 0. The van der Waals surface area contributed by atoms with Crippen molar-refractivity contribution in [2.24, 2.45) is 11.3 Å². The Morgan fingerprint density at radius 3 is 2.50 bits per heavy atom. The first-order valence-electron chi connectivity index (χ1n) is 6.70. The van der Waals surface area contributed by atoms with Crippen molar-refractivity contribution >= 4 is 5.97 Å². The topological polar surface area (TPSA) is 65.0 Å². The van der Waals surface area contributed by atoms with E-state index in [0.717, 1.165) is 25.9 Å². The summed E-state index contributed by atoms with van der Waals surface area (Å²) in [6.45, 7) is 2.89. The van der Waals surface area contributed by atoms with E-state index in [9.17, 15) is 9.90 Å². The number of aliphatic carboxylic acids is 1. The molecule has 3 aliphatic heterocycles. The molecule has 3 atom stereocenters. The summed E-state index contributed by atoms with van der Waals surface area (Å²) in [6.07, 6.45) is 3.13. The zero-order valence-electron chi connectivity index (χ0n) is 10.5. The second kappa shape index (κ2) is 4.47. The molecule has 3 rings (SSSR count). The molecule has 0 saturated carbocycles. The number of carboxylic acid groups (broad SMARTS) is 1. The largest absolute Gasteiger partial charge is 0.481 e. The number of carbonyl (C=O) groups is 1. The minimum atomic E-state index is -0.707. The molecule has 0 bridgehead atoms. The summed E-state index contributed by atoms with van der Waals surface area (Å²) in [5.74, 6) is -0.561. The molecule has 5 nitrogen and oxygen atoms in total. The molecule has 0 amide bonds. The Bertz CT molecular complexity index is 328. The van der Waals surface area contributed by atoms with Crippen molar-refractivity contribution in [3.05, 3.63) is 0 Å². The van der Waals surface area contributed by atoms with Gasteiger partial charge in [0.25, 0.3) is 0 Å². The lowest BCUT2D eigenvalue weighted by Gasteiger charge is -2.43. The smallest absolute Gasteiger partial charge is 0.312 e. The molecule has 0 aromatic heterocycles. The SMILES string of the molecule is O=C(O)C1(C2CCOC3(CCOC3)C2)CCOC1. The van der Waals surface area contributed by atoms with Gasteiger partial charge in [-0.2, -0.15) is 0 Å². The van der Waals surface area contributed by atoms with Crippen LogP contribution in [0.1, 0.15) is 25.7 Å². The number of hydrogen-bond donors (Lipinski definition) is 1. The highest BCUT2D eigenvalue weighted by molar-refractivity contribution is 5.75. The normalized spacial score (nSPS) is 44.6. The highest BCUT2D eigenvalue weighted by Gasteiger charge is 2.53. The van der Waals surface area contributed by atoms with Gasteiger partial charge >= 0.3 is 5.97 Å². The van der Waals surface area contributed by atoms with E-state index >= 15 is 0 Å². The molecule has 0 aromatic carbocycles. The summed E-state index contributed by atoms with van der Waals surface area (Å²) < 4.78 is 16.7. The van der Waals surface area contributed by atoms with Crippen LogP contribution in [0.15, 0.2) is 0 Å². The molecule has 0 aromatic rings. The van der Waals surface area contributed by atoms with Crippen molar-refractivity contribution in [1.82, 2.24) is 0 Å². The third-order valence-corrected chi connectivity index (χ3v) is 4.82. The molecule has 102 valence electrons. The van der Waals surface area contributed by atoms with Crippen LogP contribution in [-0.2, 0) is 19.0 Å². The van der Waals surface area contributed by atoms with Gasteiger partial charge in [-0.1, -0.05) is 0 Å². The van der Waals surface area contributed by atoms with E-state index in [4.69, 9.17) is 14.2 Å². The van der Waals surface area contributed by atoms with Gasteiger partial charge in [-0.25, -0.2) is 0 Å². The summed E-state index contributed by atoms with van der Waals surface area (Å²) >= 11 is 0. The third-order valence-electron chi connectivity index (χ3n) is 4.82. The van der Waals surface area contributed by atoms with Crippen LogP contribution < -0.4 is 0 Å². The van der Waals surface area contributed by atoms with Crippen LogP contribution >= 0.6 is 0 Å². The minimum Gasteiger partial charge on any atom is -0.481 e. The Morgan fingerprint density at radius 1 is 1.11 bits per heavy atom. The summed E-state index contributed by atoms with van der Waals surface area (Å²) in [6, 6.07) is 0. The van der Waals surface area contributed by atoms with E-state index in [1.807, 2.05) is 0 Å². The zero-order valence-corrected chi connectivity index (χ0v) is 10.5. The average molecular weight is 256 g/mol. The Kier molecular flexibility index (Phi) is 3.08. The van der Waals surface area contributed by atoms with E-state index in [1.54, 1.807) is 0 Å². The monoisotopic (exact) mass is 256 g/mol. The Labute approximate surface area is 106 Å². The summed E-state index contributed by atoms with van der Waals surface area (Å²) in [5, 5.41) is 9.60. The van der Waals surface area contributed by atoms with Gasteiger partial charge in [-0.15, -0.1) is 0 Å². The molecule has 1 N–H and O–H groups in total. The molecule has 1 spiro atoms. The van der Waals surface area contributed by atoms with Gasteiger partial charge in [0.2, 0.25) is 0 Å². The maximum atomic E-state index is 11.7. The standard InChI is InChI=1S/C13H20O5/c14-11(15)13(3-6-17-9-13)10-1-4-18-12(7-10)2-5-16-8-12/h10H,1-9H2,(H,14,15). The zero-order chi connectivity index (χ0) is 12.6. The minimum absolute atomic E-state index is 0.146. The predicted octanol–water partition coefficient (Wildman–Crippen LogP) is 1.06. The first-order valence-corrected chi connectivity index (χ1v) is 6.70. The van der Waals surface area contributed by atoms with Crippen LogP contribution in [0, 0.1) is 11.3 Å². The van der Waals surface area contributed by atoms with Crippen molar-refractivity contribution in [1.29, 1.82) is 0 Å². The Balaban J connectivity index is 1.80. The third kappa shape index (κ3) is 1.85. The fraction of sp³-hybridized carbons (Fsp3) is 0.923. The van der Waals surface area contributed by atoms with Gasteiger partial charge in [0.05, 0.1) is 24.2 Å². The van der Waals surface area contributed by atoms with Crippen molar-refractivity contribution in [2.75, 3.05) is 33.0 Å². The molecule has 0 aliphatic carbocycles. The number of ether oxygens (including phenoxy) is 3. The molecule has 3 saturated heterocycles. The fourth-order valence-corrected chi connectivity index (χ4v) is 3.61. The molecule has 0 radical (unpaired) electrons. The van der Waals surface area contributed by atoms with Crippen LogP contribution in [-0.4, -0.2) is 49.7 Å². The van der Waals surface area contributed by atoms with Crippen molar-refractivity contribution < 1.29 is 24.1 Å². The lowest BCUT2D eigenvalue weighted by molar-refractivity contribution is -0.163. The van der Waals surface area contributed by atoms with Crippen molar-refractivity contribution in [3.63, 3.8) is 0 Å². The van der Waals surface area contributed by atoms with Crippen LogP contribution in [0.2, 0.25) is 0 Å². The molecular formula is C13H20O5. The number of hydrogen-bond acceptors (Lipinski definition) is 4. The molecule has 3 heterocycles. The van der Waals surface area contributed by atoms with E-state index < -0.39 is 11.4 Å². The quantitative estimate of drug-likeness (QED) is 0.800. The maximum absolute atomic E-state index is 11.7. The van der Waals surface area contributed by atoms with Gasteiger partial charge < -0.3 is 19.3 Å². The van der Waals surface area contributed by atoms with Gasteiger partial charge in [0.15, 0.2) is 0 Å². The molecule has 3 aliphatic rings. The number of rotatable bonds is 2. The van der Waals surface area contributed by atoms with Gasteiger partial charge in [0, 0.05) is 26.2 Å². The van der Waals surface area contributed by atoms with Gasteiger partial charge in [-0.05, 0) is 25.2 Å². The highest BCUT2D eigenvalue weighted by atomic mass is 16.6. The lowest BCUT2D eigenvalue weighted by Crippen LogP contribution is -2.49. The number of carboxylic acids is 1. The Morgan fingerprint density at radius 2 is 1.89 bits per heavy atom. The molecular weight excluding hydrogens is 236 g/mol. The van der Waals surface area contributed by atoms with Crippen molar-refractivity contribution in [3.8, 4) is 0 Å². The fourth-order valence-electron chi connectivity index (χ4n) is 3.61. The summed E-state index contributed by atoms with van der Waals surface area (Å²) in [4.78, 5) is 11.7. The van der Waals surface area contributed by atoms with Gasteiger partial charge in [-0.3, -0.25) is 4.79 Å². The van der Waals surface area contributed by atoms with E-state index in [2.05, 4.69) is 0 Å². The van der Waals surface area contributed by atoms with Crippen LogP contribution in [0.3, 0.4) is 0 Å². The molecule has 5 heteroatoms. The average Bonchev–Trinajstić information content (AvgIpc) is 2.99. The highest BCUT2D eigenvalue weighted by Crippen LogP contribution is 2.47. The first kappa shape index (κ1) is 12.4. The molecule has 3 unspecified atom stereocenters. The van der Waals surface area contributed by atoms with Crippen molar-refractivity contribution in [2.45, 2.75) is 31.3 Å². The Hall–Kier alpha value is -0.650. The molecule has 3 fully saturated rings. The van der Waals surface area contributed by atoms with Gasteiger partial charge in [0.1, 0.15) is 0 Å². The van der Waals surface area contributed by atoms with Crippen LogP contribution in [0.5, 0.6) is 0 Å². The van der Waals surface area contributed by atoms with Crippen LogP contribution in [0.4, 0.5) is 0 Å². The van der Waals surface area contributed by atoms with E-state index in [1.165, 1.54) is 0 Å². The first-order chi connectivity index (χ1) is 8.67.